The zero-order valence-corrected chi connectivity index (χ0v) is 45.7. The van der Waals surface area contributed by atoms with E-state index in [1.165, 1.54) is 82.4 Å². The van der Waals surface area contributed by atoms with Crippen LogP contribution in [0.2, 0.25) is 0 Å². The zero-order valence-electron chi connectivity index (χ0n) is 42.6. The summed E-state index contributed by atoms with van der Waals surface area (Å²) in [5, 5.41) is 16.1. The smallest absolute Gasteiger partial charge is 0.537 e. The molecule has 1 radical (unpaired) electrons. The highest BCUT2D eigenvalue weighted by molar-refractivity contribution is 9.11. The molecule has 0 atom stereocenters. The van der Waals surface area contributed by atoms with Crippen LogP contribution in [0.15, 0.2) is 282 Å². The largest absolute Gasteiger partial charge is 0.569 e. The van der Waals surface area contributed by atoms with Crippen molar-refractivity contribution in [2.24, 2.45) is 0 Å². The molecule has 0 saturated carbocycles. The van der Waals surface area contributed by atoms with Crippen molar-refractivity contribution in [3.63, 3.8) is 0 Å². The van der Waals surface area contributed by atoms with E-state index < -0.39 is 0 Å². The number of hydrogen-bond donors (Lipinski definition) is 3. The number of fused-ring (bicyclic) bond motifs is 9. The molecule has 0 fully saturated rings. The summed E-state index contributed by atoms with van der Waals surface area (Å²) in [7, 11) is 0.687. The van der Waals surface area contributed by atoms with E-state index in [1.54, 1.807) is 0 Å². The van der Waals surface area contributed by atoms with E-state index in [0.717, 1.165) is 47.9 Å². The molecule has 0 amide bonds. The van der Waals surface area contributed by atoms with Gasteiger partial charge in [-0.15, -0.1) is 0 Å². The Bertz CT molecular complexity index is 4700. The minimum absolute atomic E-state index is 0.617. The normalized spacial score (nSPS) is 11.2. The van der Waals surface area contributed by atoms with Gasteiger partial charge in [0.2, 0.25) is 0 Å². The highest BCUT2D eigenvalue weighted by atomic mass is 79.9. The molecule has 79 heavy (non-hydrogen) atoms. The van der Waals surface area contributed by atoms with Crippen LogP contribution >= 0.6 is 31.9 Å². The van der Waals surface area contributed by atoms with Crippen LogP contribution in [-0.2, 0) is 0 Å². The molecule has 375 valence electrons. The fraction of sp³-hybridized carbons (Fsp3) is 0. The Kier molecular flexibility index (Phi) is 13.6. The first-order chi connectivity index (χ1) is 38.9. The maximum atomic E-state index is 8.60. The lowest BCUT2D eigenvalue weighted by atomic mass is 9.93. The van der Waals surface area contributed by atoms with Crippen molar-refractivity contribution in [2.45, 2.75) is 0 Å². The number of imidazole rings is 2. The van der Waals surface area contributed by atoms with Crippen molar-refractivity contribution in [1.82, 2.24) is 9.97 Å². The second kappa shape index (κ2) is 21.7. The Morgan fingerprint density at radius 1 is 0.354 bits per heavy atom. The Balaban J connectivity index is 0.000000141. The van der Waals surface area contributed by atoms with Crippen LogP contribution in [0.3, 0.4) is 0 Å². The lowest BCUT2D eigenvalue weighted by molar-refractivity contribution is -0.481. The molecule has 3 N–H and O–H groups in total. The molecule has 11 aromatic carbocycles. The van der Waals surface area contributed by atoms with Gasteiger partial charge >= 0.3 is 7.69 Å². The first kappa shape index (κ1) is 49.5. The number of pyridine rings is 2. The van der Waals surface area contributed by atoms with Crippen molar-refractivity contribution >= 4 is 105 Å². The van der Waals surface area contributed by atoms with E-state index in [9.17, 15) is 0 Å². The van der Waals surface area contributed by atoms with Crippen LogP contribution in [0.1, 0.15) is 0 Å². The third kappa shape index (κ3) is 9.85. The molecule has 0 aliphatic carbocycles. The van der Waals surface area contributed by atoms with E-state index in [-0.39, 0.29) is 0 Å². The standard InChI is InChI=1S/C43H28N2.C16H12BO2.C11H6Br2N2/c1-3-13-36-30(9-1)11-7-15-38(36)32-20-18-29(19-21-32)35-27-40(43-41(28-35)45-26-6-5-17-42(45)44-43)34-24-22-33(23-25-34)39-16-8-12-31-10-2-4-14-37(31)39;18-17-19-14-10-8-13(9-11-14)16-7-3-5-12-4-1-2-6-15(12)16;12-7-5-8(13)11-9(6-7)15-4-2-1-3-10(15)14-11/h1-28H;1-11,18H;1-6H/p+2. The van der Waals surface area contributed by atoms with Gasteiger partial charge in [-0.2, -0.15) is 8.80 Å². The number of rotatable bonds is 7. The van der Waals surface area contributed by atoms with Crippen LogP contribution in [0.4, 0.5) is 0 Å². The summed E-state index contributed by atoms with van der Waals surface area (Å²) in [6.07, 6.45) is 4.18. The monoisotopic (exact) mass is 1150 g/mol. The maximum Gasteiger partial charge on any atom is 0.569 e. The van der Waals surface area contributed by atoms with Gasteiger partial charge in [0, 0.05) is 28.2 Å². The number of H-pyrrole nitrogens is 2. The number of nitrogens with zero attached hydrogens (tertiary/aromatic N) is 2. The second-order valence-electron chi connectivity index (χ2n) is 19.3. The highest BCUT2D eigenvalue weighted by Gasteiger charge is 2.20. The fourth-order valence-electron chi connectivity index (χ4n) is 10.9. The van der Waals surface area contributed by atoms with Gasteiger partial charge in [-0.25, -0.2) is 9.97 Å². The van der Waals surface area contributed by atoms with E-state index >= 15 is 0 Å². The molecule has 15 rings (SSSR count). The molecule has 0 bridgehead atoms. The number of aromatic nitrogens is 4. The minimum atomic E-state index is 0.617. The lowest BCUT2D eigenvalue weighted by Gasteiger charge is -2.11. The summed E-state index contributed by atoms with van der Waals surface area (Å²) in [4.78, 5) is 7.07. The van der Waals surface area contributed by atoms with Gasteiger partial charge in [-0.05, 0) is 141 Å². The van der Waals surface area contributed by atoms with Gasteiger partial charge in [-0.3, -0.25) is 0 Å². The second-order valence-corrected chi connectivity index (χ2v) is 21.1. The van der Waals surface area contributed by atoms with Crippen LogP contribution < -0.4 is 13.5 Å². The summed E-state index contributed by atoms with van der Waals surface area (Å²) in [6, 6.07) is 91.7. The van der Waals surface area contributed by atoms with Crippen molar-refractivity contribution in [2.75, 3.05) is 0 Å². The van der Waals surface area contributed by atoms with Crippen molar-refractivity contribution < 1.29 is 18.5 Å². The number of aromatic amines is 2. The molecule has 0 aliphatic rings. The molecule has 9 heteroatoms. The van der Waals surface area contributed by atoms with Gasteiger partial charge in [0.15, 0.2) is 22.1 Å². The lowest BCUT2D eigenvalue weighted by Crippen LogP contribution is -2.18. The summed E-state index contributed by atoms with van der Waals surface area (Å²) in [5.74, 6) is 0.617. The first-order valence-corrected chi connectivity index (χ1v) is 27.6. The fourth-order valence-corrected chi connectivity index (χ4v) is 12.2. The molecular weight excluding hydrogens is 1100 g/mol. The maximum absolute atomic E-state index is 8.60. The predicted molar refractivity (Wildman–Crippen MR) is 333 cm³/mol. The summed E-state index contributed by atoms with van der Waals surface area (Å²) in [6.45, 7) is 0. The van der Waals surface area contributed by atoms with Crippen molar-refractivity contribution in [3.05, 3.63) is 282 Å². The molecule has 15 aromatic rings. The van der Waals surface area contributed by atoms with Crippen LogP contribution in [0.25, 0.3) is 121 Å². The van der Waals surface area contributed by atoms with E-state index in [0.29, 0.717) is 13.4 Å². The molecule has 0 aliphatic heterocycles. The average molecular weight is 1150 g/mol. The van der Waals surface area contributed by atoms with Crippen LogP contribution in [0, 0.1) is 0 Å². The molecule has 6 nitrogen and oxygen atoms in total. The minimum Gasteiger partial charge on any atom is -0.537 e. The van der Waals surface area contributed by atoms with Gasteiger partial charge in [0.25, 0.3) is 11.3 Å². The summed E-state index contributed by atoms with van der Waals surface area (Å²) < 4.78 is 11.4. The Morgan fingerprint density at radius 2 is 0.759 bits per heavy atom. The van der Waals surface area contributed by atoms with Crippen LogP contribution in [-0.4, -0.2) is 22.7 Å². The number of nitrogens with one attached hydrogen (secondary N) is 2. The number of halogens is 2. The van der Waals surface area contributed by atoms with Crippen LogP contribution in [0.5, 0.6) is 5.75 Å². The molecule has 4 aromatic heterocycles. The predicted octanol–water partition coefficient (Wildman–Crippen LogP) is 17.7. The molecule has 0 unspecified atom stereocenters. The Morgan fingerprint density at radius 3 is 1.25 bits per heavy atom. The van der Waals surface area contributed by atoms with Gasteiger partial charge in [0.1, 0.15) is 5.75 Å². The SMILES string of the molecule is Brc1cc(Br)c2[nH]c3cccc[n+]3c2c1.O[B]Oc1ccc(-c2cccc3ccccc23)cc1.c1ccc2c(-c3ccc(-c4cc(-c5ccc(-c6cccc7ccccc67)cc5)c5[nH]c6cccc[n+]6c5c4)cc3)cccc2c1. The first-order valence-electron chi connectivity index (χ1n) is 26.1. The van der Waals surface area contributed by atoms with E-state index in [1.807, 2.05) is 60.8 Å². The molecular formula is C70H48BBr2N4O2+2. The Hall–Kier alpha value is -9.12. The Labute approximate surface area is 474 Å². The number of benzene rings is 11. The van der Waals surface area contributed by atoms with Gasteiger partial charge in [0.05, 0.1) is 16.9 Å². The quantitative estimate of drug-likeness (QED) is 0.110. The summed E-state index contributed by atoms with van der Waals surface area (Å²) in [5.41, 5.74) is 18.8. The van der Waals surface area contributed by atoms with Gasteiger partial charge < -0.3 is 9.68 Å². The molecule has 4 heterocycles. The third-order valence-electron chi connectivity index (χ3n) is 14.7. The average Bonchev–Trinajstić information content (AvgIpc) is 4.25. The van der Waals surface area contributed by atoms with Crippen molar-refractivity contribution in [3.8, 4) is 61.4 Å². The molecule has 0 saturated heterocycles. The van der Waals surface area contributed by atoms with Gasteiger partial charge in [-0.1, -0.05) is 216 Å². The van der Waals surface area contributed by atoms with E-state index in [4.69, 9.17) is 9.68 Å². The van der Waals surface area contributed by atoms with Crippen molar-refractivity contribution in [1.29, 1.82) is 0 Å². The topological polar surface area (TPSA) is 69.2 Å². The highest BCUT2D eigenvalue weighted by Crippen LogP contribution is 2.37. The summed E-state index contributed by atoms with van der Waals surface area (Å²) >= 11 is 7.05. The third-order valence-corrected chi connectivity index (χ3v) is 15.7. The molecule has 0 spiro atoms. The number of hydrogen-bond acceptors (Lipinski definition) is 2. The zero-order chi connectivity index (χ0) is 53.2. The van der Waals surface area contributed by atoms with E-state index in [2.05, 4.69) is 263 Å².